The number of fused-ring (bicyclic) bond motifs is 4. The Morgan fingerprint density at radius 2 is 1.93 bits per heavy atom. The predicted octanol–water partition coefficient (Wildman–Crippen LogP) is 5.88. The Morgan fingerprint density at radius 3 is 2.61 bits per heavy atom. The molecule has 0 spiro atoms. The molecule has 3 aliphatic carbocycles. The summed E-state index contributed by atoms with van der Waals surface area (Å²) >= 11 is 3.41. The van der Waals surface area contributed by atoms with Crippen LogP contribution in [0.5, 0.6) is 0 Å². The highest BCUT2D eigenvalue weighted by Crippen LogP contribution is 2.58. The normalized spacial score (nSPS) is 33.0. The molecule has 28 heavy (non-hydrogen) atoms. The molecule has 2 heterocycles. The van der Waals surface area contributed by atoms with Crippen molar-refractivity contribution in [2.24, 2.45) is 5.41 Å². The van der Waals surface area contributed by atoms with Gasteiger partial charge in [-0.05, 0) is 93.0 Å². The second kappa shape index (κ2) is 6.98. The molecule has 1 aliphatic heterocycles. The lowest BCUT2D eigenvalue weighted by Gasteiger charge is -2.53. The van der Waals surface area contributed by atoms with Crippen LogP contribution in [-0.4, -0.2) is 34.1 Å². The van der Waals surface area contributed by atoms with E-state index in [1.807, 2.05) is 0 Å². The predicted molar refractivity (Wildman–Crippen MR) is 118 cm³/mol. The van der Waals surface area contributed by atoms with Crippen molar-refractivity contribution in [1.29, 1.82) is 0 Å². The zero-order chi connectivity index (χ0) is 19.4. The van der Waals surface area contributed by atoms with E-state index in [0.29, 0.717) is 17.2 Å². The first kappa shape index (κ1) is 18.9. The summed E-state index contributed by atoms with van der Waals surface area (Å²) in [7, 11) is 0. The molecule has 150 valence electrons. The number of Topliss-reactive ketones (excluding diaryl/α,β-unsaturated/α-hetero) is 1. The molecule has 6 rings (SSSR count). The highest BCUT2D eigenvalue weighted by Gasteiger charge is 2.52. The summed E-state index contributed by atoms with van der Waals surface area (Å²) in [6.45, 7) is 4.62. The molecule has 4 heteroatoms. The molecule has 4 aliphatic rings. The third-order valence-electron chi connectivity index (χ3n) is 8.34. The molecule has 1 aromatic carbocycles. The van der Waals surface area contributed by atoms with Crippen LogP contribution in [0, 0.1) is 5.41 Å². The molecule has 1 unspecified atom stereocenters. The first-order valence-electron chi connectivity index (χ1n) is 11.1. The molecule has 1 saturated heterocycles. The summed E-state index contributed by atoms with van der Waals surface area (Å²) in [5.41, 5.74) is 4.44. The minimum atomic E-state index is -0.0267. The van der Waals surface area contributed by atoms with E-state index in [9.17, 15) is 4.79 Å². The number of carbonyl (C=O) groups excluding carboxylic acids is 1. The number of rotatable bonds is 5. The van der Waals surface area contributed by atoms with Crippen LogP contribution < -0.4 is 0 Å². The lowest BCUT2D eigenvalue weighted by molar-refractivity contribution is -0.132. The van der Waals surface area contributed by atoms with Crippen molar-refractivity contribution in [3.8, 4) is 0 Å². The first-order valence-corrected chi connectivity index (χ1v) is 12.2. The Balaban J connectivity index is 1.43. The Labute approximate surface area is 176 Å². The van der Waals surface area contributed by atoms with E-state index in [1.165, 1.54) is 41.5 Å². The van der Waals surface area contributed by atoms with Crippen LogP contribution in [0.1, 0.15) is 75.6 Å². The van der Waals surface area contributed by atoms with Crippen LogP contribution in [0.15, 0.2) is 24.3 Å². The van der Waals surface area contributed by atoms with Gasteiger partial charge in [-0.3, -0.25) is 9.69 Å². The SMILES string of the molecule is CCN1CCCC1c1cc2ccc(C34CCC(C(=O)CBr)(CC3)CC4)cc2[nH]1. The Hall–Kier alpha value is -1.13. The van der Waals surface area contributed by atoms with Gasteiger partial charge in [0, 0.05) is 22.7 Å². The fraction of sp³-hybridized carbons (Fsp3) is 0.625. The minimum Gasteiger partial charge on any atom is -0.357 e. The van der Waals surface area contributed by atoms with Gasteiger partial charge in [-0.1, -0.05) is 35.0 Å². The van der Waals surface area contributed by atoms with E-state index in [2.05, 4.69) is 57.0 Å². The van der Waals surface area contributed by atoms with Gasteiger partial charge in [0.25, 0.3) is 0 Å². The zero-order valence-electron chi connectivity index (χ0n) is 16.9. The average molecular weight is 443 g/mol. The molecule has 1 N–H and O–H groups in total. The largest absolute Gasteiger partial charge is 0.357 e. The number of aromatic amines is 1. The monoisotopic (exact) mass is 442 g/mol. The number of halogens is 1. The highest BCUT2D eigenvalue weighted by atomic mass is 79.9. The molecule has 3 saturated carbocycles. The topological polar surface area (TPSA) is 36.1 Å². The number of nitrogens with one attached hydrogen (secondary N) is 1. The summed E-state index contributed by atoms with van der Waals surface area (Å²) in [6.07, 6.45) is 9.26. The number of aromatic nitrogens is 1. The Morgan fingerprint density at radius 1 is 1.18 bits per heavy atom. The molecule has 0 amide bonds. The number of alkyl halides is 1. The van der Waals surface area contributed by atoms with Gasteiger partial charge in [-0.25, -0.2) is 0 Å². The van der Waals surface area contributed by atoms with E-state index in [1.54, 1.807) is 0 Å². The summed E-state index contributed by atoms with van der Waals surface area (Å²) in [5, 5.41) is 1.86. The van der Waals surface area contributed by atoms with Crippen LogP contribution >= 0.6 is 15.9 Å². The second-order valence-electron chi connectivity index (χ2n) is 9.43. The van der Waals surface area contributed by atoms with Gasteiger partial charge in [-0.2, -0.15) is 0 Å². The third kappa shape index (κ3) is 2.82. The van der Waals surface area contributed by atoms with Gasteiger partial charge in [0.15, 0.2) is 0 Å². The van der Waals surface area contributed by atoms with E-state index >= 15 is 0 Å². The summed E-state index contributed by atoms with van der Waals surface area (Å²) < 4.78 is 0. The van der Waals surface area contributed by atoms with Crippen LogP contribution in [-0.2, 0) is 10.2 Å². The van der Waals surface area contributed by atoms with Crippen LogP contribution in [0.2, 0.25) is 0 Å². The van der Waals surface area contributed by atoms with Gasteiger partial charge in [0.05, 0.1) is 5.33 Å². The molecular formula is C24H31BrN2O. The van der Waals surface area contributed by atoms with Crippen molar-refractivity contribution < 1.29 is 4.79 Å². The quantitative estimate of drug-likeness (QED) is 0.586. The van der Waals surface area contributed by atoms with Crippen molar-refractivity contribution >= 4 is 32.6 Å². The van der Waals surface area contributed by atoms with E-state index in [-0.39, 0.29) is 10.8 Å². The first-order chi connectivity index (χ1) is 13.6. The van der Waals surface area contributed by atoms with Crippen molar-refractivity contribution in [2.45, 2.75) is 69.7 Å². The highest BCUT2D eigenvalue weighted by molar-refractivity contribution is 9.09. The average Bonchev–Trinajstić information content (AvgIpc) is 3.40. The van der Waals surface area contributed by atoms with Crippen molar-refractivity contribution in [3.63, 3.8) is 0 Å². The van der Waals surface area contributed by atoms with Crippen molar-refractivity contribution in [3.05, 3.63) is 35.5 Å². The molecule has 3 nitrogen and oxygen atoms in total. The maximum Gasteiger partial charge on any atom is 0.149 e. The van der Waals surface area contributed by atoms with Crippen LogP contribution in [0.3, 0.4) is 0 Å². The van der Waals surface area contributed by atoms with Gasteiger partial charge in [0.1, 0.15) is 5.78 Å². The van der Waals surface area contributed by atoms with E-state index < -0.39 is 0 Å². The van der Waals surface area contributed by atoms with Gasteiger partial charge < -0.3 is 4.98 Å². The Kier molecular flexibility index (Phi) is 4.71. The fourth-order valence-corrected chi connectivity index (χ4v) is 6.99. The maximum atomic E-state index is 12.5. The van der Waals surface area contributed by atoms with Gasteiger partial charge in [-0.15, -0.1) is 0 Å². The second-order valence-corrected chi connectivity index (χ2v) is 9.99. The summed E-state index contributed by atoms with van der Waals surface area (Å²) in [4.78, 5) is 18.8. The number of ketones is 1. The van der Waals surface area contributed by atoms with Gasteiger partial charge in [0.2, 0.25) is 0 Å². The van der Waals surface area contributed by atoms with Crippen molar-refractivity contribution in [1.82, 2.24) is 9.88 Å². The van der Waals surface area contributed by atoms with Crippen molar-refractivity contribution in [2.75, 3.05) is 18.4 Å². The fourth-order valence-electron chi connectivity index (χ4n) is 6.39. The molecule has 2 bridgehead atoms. The number of benzene rings is 1. The third-order valence-corrected chi connectivity index (χ3v) is 8.85. The molecule has 2 aromatic rings. The lowest BCUT2D eigenvalue weighted by atomic mass is 9.51. The molecule has 0 radical (unpaired) electrons. The molecular weight excluding hydrogens is 412 g/mol. The number of likely N-dealkylation sites (tertiary alicyclic amines) is 1. The molecule has 4 fully saturated rings. The Bertz CT molecular complexity index is 877. The summed E-state index contributed by atoms with van der Waals surface area (Å²) in [5.74, 6) is 0.433. The smallest absolute Gasteiger partial charge is 0.149 e. The minimum absolute atomic E-state index is 0.0267. The molecule has 1 aromatic heterocycles. The number of carbonyl (C=O) groups is 1. The standard InChI is InChI=1S/C24H31BrN2O/c1-2-27-13-3-4-21(27)20-14-17-5-6-18(15-19(17)26-20)23-7-10-24(11-8-23,12-9-23)22(28)16-25/h5-6,14-15,21,26H,2-4,7-13,16H2,1H3. The number of nitrogens with zero attached hydrogens (tertiary/aromatic N) is 1. The van der Waals surface area contributed by atoms with Crippen LogP contribution in [0.4, 0.5) is 0 Å². The number of H-pyrrole nitrogens is 1. The number of hydrogen-bond acceptors (Lipinski definition) is 2. The van der Waals surface area contributed by atoms with E-state index in [0.717, 1.165) is 45.1 Å². The molecule has 1 atom stereocenters. The lowest BCUT2D eigenvalue weighted by Crippen LogP contribution is -2.48. The summed E-state index contributed by atoms with van der Waals surface area (Å²) in [6, 6.07) is 10.0. The van der Waals surface area contributed by atoms with E-state index in [4.69, 9.17) is 0 Å². The number of hydrogen-bond donors (Lipinski definition) is 1. The maximum absolute atomic E-state index is 12.5. The van der Waals surface area contributed by atoms with Gasteiger partial charge >= 0.3 is 0 Å². The zero-order valence-corrected chi connectivity index (χ0v) is 18.5. The van der Waals surface area contributed by atoms with Crippen LogP contribution in [0.25, 0.3) is 10.9 Å².